The van der Waals surface area contributed by atoms with Crippen molar-refractivity contribution in [3.8, 4) is 0 Å². The number of ether oxygens (including phenoxy) is 1. The second kappa shape index (κ2) is 10.5. The lowest BCUT2D eigenvalue weighted by atomic mass is 10.0. The van der Waals surface area contributed by atoms with Gasteiger partial charge in [-0.2, -0.15) is 0 Å². The molecule has 32 heavy (non-hydrogen) atoms. The zero-order valence-electron chi connectivity index (χ0n) is 18.9. The van der Waals surface area contributed by atoms with Gasteiger partial charge in [0.2, 0.25) is 0 Å². The Labute approximate surface area is 186 Å². The van der Waals surface area contributed by atoms with Gasteiger partial charge < -0.3 is 15.1 Å². The number of nitrogens with one attached hydrogen (secondary N) is 1. The van der Waals surface area contributed by atoms with Crippen LogP contribution in [-0.4, -0.2) is 48.0 Å². The molecule has 1 N–H and O–H groups in total. The molecule has 0 radical (unpaired) electrons. The number of benzene rings is 1. The third-order valence-electron chi connectivity index (χ3n) is 5.46. The largest absolute Gasteiger partial charge is 0.378 e. The van der Waals surface area contributed by atoms with E-state index in [0.29, 0.717) is 37.6 Å². The number of aryl methyl sites for hydroxylation is 2. The van der Waals surface area contributed by atoms with Crippen LogP contribution >= 0.6 is 0 Å². The van der Waals surface area contributed by atoms with Crippen molar-refractivity contribution in [1.82, 2.24) is 14.6 Å². The summed E-state index contributed by atoms with van der Waals surface area (Å²) in [5.41, 5.74) is 2.48. The number of pyridine rings is 1. The Morgan fingerprint density at radius 1 is 1.19 bits per heavy atom. The van der Waals surface area contributed by atoms with Gasteiger partial charge in [-0.3, -0.25) is 4.79 Å². The zero-order valence-corrected chi connectivity index (χ0v) is 18.9. The maximum Gasteiger partial charge on any atom is 0.271 e. The molecule has 7 nitrogen and oxygen atoms in total. The maximum atomic E-state index is 12.3. The first-order chi connectivity index (χ1) is 15.3. The molecule has 1 saturated heterocycles. The number of hydrogen-bond acceptors (Lipinski definition) is 6. The van der Waals surface area contributed by atoms with Crippen LogP contribution in [0.25, 0.3) is 10.9 Å². The molecule has 3 aromatic rings. The van der Waals surface area contributed by atoms with Gasteiger partial charge >= 0.3 is 0 Å². The number of fused-ring (bicyclic) bond motifs is 1. The Kier molecular flexibility index (Phi) is 7.74. The second-order valence-corrected chi connectivity index (χ2v) is 7.48. The highest BCUT2D eigenvalue weighted by atomic mass is 19.3. The quantitative estimate of drug-likeness (QED) is 0.662. The van der Waals surface area contributed by atoms with Gasteiger partial charge in [-0.1, -0.05) is 25.1 Å². The highest BCUT2D eigenvalue weighted by molar-refractivity contribution is 5.88. The van der Waals surface area contributed by atoms with Gasteiger partial charge in [-0.15, -0.1) is 0 Å². The molecule has 172 valence electrons. The lowest BCUT2D eigenvalue weighted by Gasteiger charge is -2.30. The molecule has 0 spiro atoms. The van der Waals surface area contributed by atoms with E-state index in [0.717, 1.165) is 28.8 Å². The number of rotatable bonds is 4. The fourth-order valence-electron chi connectivity index (χ4n) is 3.71. The Morgan fingerprint density at radius 2 is 1.91 bits per heavy atom. The minimum absolute atomic E-state index is 0.0837. The standard InChI is InChI=1S/C13H17N5O2.C10H12F2/c1-9-15-11-7-12(19)18(17-3-5-20-6-4-17)8-10(11)13(14-2)16-9;1-3-8-5-4-6-9(7(8)2)10(11)12/h7-8H,3-6H2,1-2H3,(H,14,15,16);4-6,10H,3H2,1-2H3. The highest BCUT2D eigenvalue weighted by Crippen LogP contribution is 2.24. The van der Waals surface area contributed by atoms with E-state index < -0.39 is 6.43 Å². The Morgan fingerprint density at radius 3 is 2.53 bits per heavy atom. The first kappa shape index (κ1) is 23.6. The molecule has 0 aliphatic carbocycles. The SMILES string of the molecule is CCc1cccc(C(F)F)c1C.CNc1nc(C)nc2cc(=O)n(N3CCOCC3)cc12. The summed E-state index contributed by atoms with van der Waals surface area (Å²) >= 11 is 0. The first-order valence-corrected chi connectivity index (χ1v) is 10.6. The number of anilines is 1. The van der Waals surface area contributed by atoms with Gasteiger partial charge in [0.25, 0.3) is 12.0 Å². The molecule has 0 amide bonds. The van der Waals surface area contributed by atoms with Crippen molar-refractivity contribution in [3.63, 3.8) is 0 Å². The summed E-state index contributed by atoms with van der Waals surface area (Å²) in [5.74, 6) is 1.37. The summed E-state index contributed by atoms with van der Waals surface area (Å²) in [6.07, 6.45) is 0.261. The first-order valence-electron chi connectivity index (χ1n) is 10.6. The van der Waals surface area contributed by atoms with Crippen LogP contribution in [0, 0.1) is 13.8 Å². The summed E-state index contributed by atoms with van der Waals surface area (Å²) in [6.45, 7) is 8.20. The average molecular weight is 446 g/mol. The van der Waals surface area contributed by atoms with Crippen LogP contribution in [0.5, 0.6) is 0 Å². The normalized spacial score (nSPS) is 13.8. The van der Waals surface area contributed by atoms with Crippen LogP contribution in [-0.2, 0) is 11.2 Å². The van der Waals surface area contributed by atoms with Crippen molar-refractivity contribution in [1.29, 1.82) is 0 Å². The summed E-state index contributed by atoms with van der Waals surface area (Å²) in [6, 6.07) is 6.62. The summed E-state index contributed by atoms with van der Waals surface area (Å²) in [7, 11) is 1.81. The molecule has 0 saturated carbocycles. The number of aromatic nitrogens is 3. The molecule has 0 atom stereocenters. The summed E-state index contributed by atoms with van der Waals surface area (Å²) < 4.78 is 31.6. The molecule has 4 rings (SSSR count). The molecule has 0 bridgehead atoms. The monoisotopic (exact) mass is 445 g/mol. The van der Waals surface area contributed by atoms with E-state index >= 15 is 0 Å². The predicted octanol–water partition coefficient (Wildman–Crippen LogP) is 3.60. The van der Waals surface area contributed by atoms with Crippen molar-refractivity contribution in [3.05, 3.63) is 63.3 Å². The van der Waals surface area contributed by atoms with Crippen molar-refractivity contribution in [2.24, 2.45) is 0 Å². The van der Waals surface area contributed by atoms with Gasteiger partial charge in [0.05, 0.1) is 37.2 Å². The summed E-state index contributed by atoms with van der Waals surface area (Å²) in [4.78, 5) is 20.9. The molecule has 1 aliphatic rings. The molecule has 0 unspecified atom stereocenters. The van der Waals surface area contributed by atoms with E-state index in [1.807, 2.05) is 32.0 Å². The predicted molar refractivity (Wildman–Crippen MR) is 122 cm³/mol. The Bertz CT molecular complexity index is 1130. The van der Waals surface area contributed by atoms with Crippen LogP contribution in [0.3, 0.4) is 0 Å². The lowest BCUT2D eigenvalue weighted by Crippen LogP contribution is -2.48. The van der Waals surface area contributed by atoms with Crippen molar-refractivity contribution in [2.75, 3.05) is 43.7 Å². The Hall–Kier alpha value is -3.07. The van der Waals surface area contributed by atoms with E-state index in [2.05, 4.69) is 15.3 Å². The maximum absolute atomic E-state index is 12.3. The fourth-order valence-corrected chi connectivity index (χ4v) is 3.71. The number of hydrogen-bond donors (Lipinski definition) is 1. The Balaban J connectivity index is 0.000000207. The minimum Gasteiger partial charge on any atom is -0.378 e. The molecule has 2 aromatic heterocycles. The highest BCUT2D eigenvalue weighted by Gasteiger charge is 2.15. The van der Waals surface area contributed by atoms with E-state index in [1.54, 1.807) is 29.9 Å². The van der Waals surface area contributed by atoms with Crippen molar-refractivity contribution >= 4 is 16.7 Å². The van der Waals surface area contributed by atoms with E-state index in [9.17, 15) is 13.6 Å². The lowest BCUT2D eigenvalue weighted by molar-refractivity contribution is 0.111. The van der Waals surface area contributed by atoms with E-state index in [-0.39, 0.29) is 11.1 Å². The zero-order chi connectivity index (χ0) is 23.3. The van der Waals surface area contributed by atoms with E-state index in [4.69, 9.17) is 4.74 Å². The average Bonchev–Trinajstić information content (AvgIpc) is 2.79. The van der Waals surface area contributed by atoms with Gasteiger partial charge in [0.15, 0.2) is 0 Å². The number of nitrogens with zero attached hydrogens (tertiary/aromatic N) is 4. The molecule has 1 aliphatic heterocycles. The second-order valence-electron chi connectivity index (χ2n) is 7.48. The molecule has 9 heteroatoms. The molecule has 3 heterocycles. The summed E-state index contributed by atoms with van der Waals surface area (Å²) in [5, 5.41) is 5.86. The van der Waals surface area contributed by atoms with Gasteiger partial charge in [0, 0.05) is 24.9 Å². The van der Waals surface area contributed by atoms with Gasteiger partial charge in [-0.05, 0) is 31.4 Å². The van der Waals surface area contributed by atoms with Crippen LogP contribution in [0.15, 0.2) is 35.3 Å². The smallest absolute Gasteiger partial charge is 0.271 e. The number of alkyl halides is 2. The molecule has 1 fully saturated rings. The molecule has 1 aromatic carbocycles. The van der Waals surface area contributed by atoms with Crippen LogP contribution in [0.4, 0.5) is 14.6 Å². The number of halogens is 2. The fraction of sp³-hybridized carbons (Fsp3) is 0.435. The molecular formula is C23H29F2N5O2. The van der Waals surface area contributed by atoms with Crippen LogP contribution in [0.2, 0.25) is 0 Å². The van der Waals surface area contributed by atoms with Gasteiger partial charge in [0.1, 0.15) is 11.6 Å². The third-order valence-corrected chi connectivity index (χ3v) is 5.46. The topological polar surface area (TPSA) is 72.3 Å². The van der Waals surface area contributed by atoms with Crippen LogP contribution in [0.1, 0.15) is 35.9 Å². The van der Waals surface area contributed by atoms with Gasteiger partial charge in [-0.25, -0.2) is 23.4 Å². The number of morpholine rings is 1. The van der Waals surface area contributed by atoms with Crippen molar-refractivity contribution in [2.45, 2.75) is 33.6 Å². The van der Waals surface area contributed by atoms with E-state index in [1.165, 1.54) is 6.07 Å². The third kappa shape index (κ3) is 5.21. The van der Waals surface area contributed by atoms with Crippen LogP contribution < -0.4 is 15.9 Å². The van der Waals surface area contributed by atoms with Crippen molar-refractivity contribution < 1.29 is 13.5 Å². The molecular weight excluding hydrogens is 416 g/mol. The minimum atomic E-state index is -2.35.